The van der Waals surface area contributed by atoms with Gasteiger partial charge in [-0.05, 0) is 35.0 Å². The number of thiophene rings is 1. The van der Waals surface area contributed by atoms with Crippen LogP contribution in [0, 0.1) is 0 Å². The first kappa shape index (κ1) is 12.1. The van der Waals surface area contributed by atoms with E-state index < -0.39 is 0 Å². The Kier molecular flexibility index (Phi) is 3.15. The van der Waals surface area contributed by atoms with Crippen LogP contribution in [0.1, 0.15) is 10.5 Å². The van der Waals surface area contributed by atoms with Crippen molar-refractivity contribution in [1.82, 2.24) is 9.97 Å². The lowest BCUT2D eigenvalue weighted by atomic mass is 10.2. The zero-order valence-corrected chi connectivity index (χ0v) is 11.2. The molecule has 3 aromatic rings. The fraction of sp³-hybridized carbons (Fsp3) is 0. The molecule has 94 valence electrons. The highest BCUT2D eigenvalue weighted by Crippen LogP contribution is 2.24. The Bertz CT molecular complexity index is 739. The molecule has 0 saturated heterocycles. The molecule has 19 heavy (non-hydrogen) atoms. The Balaban J connectivity index is 1.83. The molecule has 2 heterocycles. The Morgan fingerprint density at radius 3 is 2.89 bits per heavy atom. The van der Waals surface area contributed by atoms with Crippen molar-refractivity contribution in [3.63, 3.8) is 0 Å². The molecule has 3 rings (SSSR count). The molecule has 0 aliphatic carbocycles. The van der Waals surface area contributed by atoms with E-state index in [2.05, 4.69) is 15.3 Å². The lowest BCUT2D eigenvalue weighted by Gasteiger charge is -2.04. The standard InChI is InChI=1S/C13H8ClN3OS/c14-12-7-15-10(6-16-12)13(18)17-9-1-2-11-8(5-9)3-4-19-11/h1-7H,(H,17,18). The molecule has 1 N–H and O–H groups in total. The molecule has 0 unspecified atom stereocenters. The van der Waals surface area contributed by atoms with E-state index in [-0.39, 0.29) is 16.8 Å². The lowest BCUT2D eigenvalue weighted by molar-refractivity contribution is 0.102. The quantitative estimate of drug-likeness (QED) is 0.784. The van der Waals surface area contributed by atoms with E-state index in [9.17, 15) is 4.79 Å². The predicted octanol–water partition coefficient (Wildman–Crippen LogP) is 3.60. The van der Waals surface area contributed by atoms with Crippen molar-refractivity contribution in [2.45, 2.75) is 0 Å². The normalized spacial score (nSPS) is 10.6. The smallest absolute Gasteiger partial charge is 0.275 e. The zero-order valence-electron chi connectivity index (χ0n) is 9.63. The van der Waals surface area contributed by atoms with Gasteiger partial charge >= 0.3 is 0 Å². The number of anilines is 1. The minimum Gasteiger partial charge on any atom is -0.321 e. The summed E-state index contributed by atoms with van der Waals surface area (Å²) in [5, 5.41) is 6.16. The topological polar surface area (TPSA) is 54.9 Å². The maximum absolute atomic E-state index is 11.9. The highest BCUT2D eigenvalue weighted by molar-refractivity contribution is 7.17. The highest BCUT2D eigenvalue weighted by atomic mass is 35.5. The van der Waals surface area contributed by atoms with E-state index in [1.54, 1.807) is 11.3 Å². The van der Waals surface area contributed by atoms with Crippen molar-refractivity contribution in [1.29, 1.82) is 0 Å². The summed E-state index contributed by atoms with van der Waals surface area (Å²) in [5.41, 5.74) is 0.961. The van der Waals surface area contributed by atoms with Crippen LogP contribution in [0.4, 0.5) is 5.69 Å². The van der Waals surface area contributed by atoms with E-state index in [0.29, 0.717) is 0 Å². The van der Waals surface area contributed by atoms with Crippen molar-refractivity contribution in [2.24, 2.45) is 0 Å². The number of nitrogens with zero attached hydrogens (tertiary/aromatic N) is 2. The van der Waals surface area contributed by atoms with Gasteiger partial charge in [0.05, 0.1) is 12.4 Å². The number of benzene rings is 1. The molecular formula is C13H8ClN3OS. The number of rotatable bonds is 2. The van der Waals surface area contributed by atoms with Crippen LogP contribution < -0.4 is 5.32 Å². The number of amides is 1. The molecule has 1 aromatic carbocycles. The molecule has 0 radical (unpaired) electrons. The average molecular weight is 290 g/mol. The van der Waals surface area contributed by atoms with E-state index in [1.165, 1.54) is 17.1 Å². The number of aromatic nitrogens is 2. The van der Waals surface area contributed by atoms with Crippen LogP contribution in [0.25, 0.3) is 10.1 Å². The molecule has 4 nitrogen and oxygen atoms in total. The minimum atomic E-state index is -0.307. The summed E-state index contributed by atoms with van der Waals surface area (Å²) in [7, 11) is 0. The van der Waals surface area contributed by atoms with E-state index in [4.69, 9.17) is 11.6 Å². The maximum atomic E-state index is 11.9. The summed E-state index contributed by atoms with van der Waals surface area (Å²) in [5.74, 6) is -0.307. The molecular weight excluding hydrogens is 282 g/mol. The molecule has 0 atom stereocenters. The van der Waals surface area contributed by atoms with Gasteiger partial charge in [-0.3, -0.25) is 4.79 Å². The van der Waals surface area contributed by atoms with E-state index in [0.717, 1.165) is 11.1 Å². The molecule has 2 aromatic heterocycles. The Labute approximate surface area is 118 Å². The summed E-state index contributed by atoms with van der Waals surface area (Å²) in [4.78, 5) is 19.7. The summed E-state index contributed by atoms with van der Waals surface area (Å²) < 4.78 is 1.18. The second-order valence-electron chi connectivity index (χ2n) is 3.85. The van der Waals surface area contributed by atoms with Crippen LogP contribution in [0.2, 0.25) is 5.15 Å². The Morgan fingerprint density at radius 1 is 1.21 bits per heavy atom. The third kappa shape index (κ3) is 2.57. The molecule has 0 spiro atoms. The van der Waals surface area contributed by atoms with Gasteiger partial charge in [0, 0.05) is 10.4 Å². The van der Waals surface area contributed by atoms with Crippen LogP contribution in [-0.2, 0) is 0 Å². The third-order valence-electron chi connectivity index (χ3n) is 2.56. The largest absolute Gasteiger partial charge is 0.321 e. The van der Waals surface area contributed by atoms with Crippen LogP contribution in [0.15, 0.2) is 42.0 Å². The van der Waals surface area contributed by atoms with Crippen molar-refractivity contribution in [3.05, 3.63) is 52.9 Å². The summed E-state index contributed by atoms with van der Waals surface area (Å²) in [6.07, 6.45) is 2.69. The molecule has 0 aliphatic rings. The van der Waals surface area contributed by atoms with Gasteiger partial charge in [-0.2, -0.15) is 0 Å². The monoisotopic (exact) mass is 289 g/mol. The number of halogens is 1. The van der Waals surface area contributed by atoms with Gasteiger partial charge in [0.15, 0.2) is 0 Å². The fourth-order valence-corrected chi connectivity index (χ4v) is 2.54. The molecule has 0 saturated carbocycles. The molecule has 0 aliphatic heterocycles. The number of fused-ring (bicyclic) bond motifs is 1. The molecule has 6 heteroatoms. The van der Waals surface area contributed by atoms with Crippen LogP contribution >= 0.6 is 22.9 Å². The third-order valence-corrected chi connectivity index (χ3v) is 3.66. The number of carbonyl (C=O) groups is 1. The number of hydrogen-bond donors (Lipinski definition) is 1. The Morgan fingerprint density at radius 2 is 2.11 bits per heavy atom. The number of carbonyl (C=O) groups excluding carboxylic acids is 1. The highest BCUT2D eigenvalue weighted by Gasteiger charge is 2.08. The second kappa shape index (κ2) is 4.95. The minimum absolute atomic E-state index is 0.231. The first-order valence-corrected chi connectivity index (χ1v) is 6.74. The van der Waals surface area contributed by atoms with Gasteiger partial charge in [0.2, 0.25) is 0 Å². The maximum Gasteiger partial charge on any atom is 0.275 e. The molecule has 0 fully saturated rings. The van der Waals surface area contributed by atoms with E-state index >= 15 is 0 Å². The van der Waals surface area contributed by atoms with Crippen LogP contribution in [-0.4, -0.2) is 15.9 Å². The number of nitrogens with one attached hydrogen (secondary N) is 1. The van der Waals surface area contributed by atoms with Crippen molar-refractivity contribution in [2.75, 3.05) is 5.32 Å². The van der Waals surface area contributed by atoms with Gasteiger partial charge < -0.3 is 5.32 Å². The summed E-state index contributed by atoms with van der Waals surface area (Å²) in [6, 6.07) is 7.77. The second-order valence-corrected chi connectivity index (χ2v) is 5.19. The SMILES string of the molecule is O=C(Nc1ccc2sccc2c1)c1cnc(Cl)cn1. The summed E-state index contributed by atoms with van der Waals surface area (Å²) in [6.45, 7) is 0. The van der Waals surface area contributed by atoms with Crippen molar-refractivity contribution in [3.8, 4) is 0 Å². The van der Waals surface area contributed by atoms with Crippen molar-refractivity contribution < 1.29 is 4.79 Å². The van der Waals surface area contributed by atoms with Gasteiger partial charge in [0.25, 0.3) is 5.91 Å². The molecule has 1 amide bonds. The van der Waals surface area contributed by atoms with Gasteiger partial charge in [0.1, 0.15) is 10.8 Å². The van der Waals surface area contributed by atoms with Gasteiger partial charge in [-0.1, -0.05) is 11.6 Å². The predicted molar refractivity (Wildman–Crippen MR) is 76.8 cm³/mol. The van der Waals surface area contributed by atoms with Gasteiger partial charge in [-0.15, -0.1) is 11.3 Å². The average Bonchev–Trinajstić information content (AvgIpc) is 2.87. The number of hydrogen-bond acceptors (Lipinski definition) is 4. The first-order chi connectivity index (χ1) is 9.22. The lowest BCUT2D eigenvalue weighted by Crippen LogP contribution is -2.13. The van der Waals surface area contributed by atoms with Crippen LogP contribution in [0.5, 0.6) is 0 Å². The van der Waals surface area contributed by atoms with E-state index in [1.807, 2.05) is 29.6 Å². The fourth-order valence-electron chi connectivity index (χ4n) is 1.67. The first-order valence-electron chi connectivity index (χ1n) is 5.48. The van der Waals surface area contributed by atoms with Gasteiger partial charge in [-0.25, -0.2) is 9.97 Å². The Hall–Kier alpha value is -1.98. The zero-order chi connectivity index (χ0) is 13.2. The van der Waals surface area contributed by atoms with Crippen molar-refractivity contribution >= 4 is 44.6 Å². The van der Waals surface area contributed by atoms with Crippen LogP contribution in [0.3, 0.4) is 0 Å². The summed E-state index contributed by atoms with van der Waals surface area (Å²) >= 11 is 7.29. The molecule has 0 bridgehead atoms.